The third-order valence-electron chi connectivity index (χ3n) is 2.83. The molecule has 1 amide bonds. The Bertz CT molecular complexity index is 627. The van der Waals surface area contributed by atoms with Crippen LogP contribution in [0, 0.1) is 12.7 Å². The van der Waals surface area contributed by atoms with Gasteiger partial charge in [0.05, 0.1) is 22.9 Å². The number of amides is 1. The summed E-state index contributed by atoms with van der Waals surface area (Å²) < 4.78 is 13.8. The number of carbonyl (C=O) groups excluding carboxylic acids is 1. The Hall–Kier alpha value is -1.95. The van der Waals surface area contributed by atoms with E-state index in [9.17, 15) is 9.18 Å². The molecule has 0 saturated carbocycles. The van der Waals surface area contributed by atoms with Crippen LogP contribution in [0.25, 0.3) is 0 Å². The van der Waals surface area contributed by atoms with E-state index in [1.807, 2.05) is 13.8 Å². The molecule has 0 spiro atoms. The second kappa shape index (κ2) is 6.00. The lowest BCUT2D eigenvalue weighted by Gasteiger charge is -2.16. The Labute approximate surface area is 121 Å². The fraction of sp³-hybridized carbons (Fsp3) is 0.286. The Balaban J connectivity index is 2.20. The van der Waals surface area contributed by atoms with E-state index in [1.54, 1.807) is 11.6 Å². The summed E-state index contributed by atoms with van der Waals surface area (Å²) >= 11 is 1.53. The van der Waals surface area contributed by atoms with E-state index in [0.29, 0.717) is 11.4 Å². The number of aryl methyl sites for hydroxylation is 1. The van der Waals surface area contributed by atoms with Gasteiger partial charge in [0.2, 0.25) is 5.91 Å². The average Bonchev–Trinajstić information content (AvgIpc) is 2.79. The van der Waals surface area contributed by atoms with Crippen LogP contribution < -0.4 is 10.6 Å². The minimum Gasteiger partial charge on any atom is -0.375 e. The molecule has 0 fully saturated rings. The van der Waals surface area contributed by atoms with Gasteiger partial charge in [0.1, 0.15) is 5.82 Å². The largest absolute Gasteiger partial charge is 0.375 e. The standard InChI is InChI=1S/C14H16FN3OS/c1-8-14(20-7-16-8)9(2)17-13-6-11(18-10(3)19)4-5-12(13)15/h4-7,9,17H,1-3H3,(H,18,19). The summed E-state index contributed by atoms with van der Waals surface area (Å²) in [5.41, 5.74) is 3.63. The van der Waals surface area contributed by atoms with Gasteiger partial charge < -0.3 is 10.6 Å². The summed E-state index contributed by atoms with van der Waals surface area (Å²) in [4.78, 5) is 16.3. The number of nitrogens with zero attached hydrogens (tertiary/aromatic N) is 1. The minimum atomic E-state index is -0.354. The van der Waals surface area contributed by atoms with Crippen LogP contribution in [0.2, 0.25) is 0 Å². The van der Waals surface area contributed by atoms with E-state index in [1.165, 1.54) is 30.4 Å². The van der Waals surface area contributed by atoms with Crippen molar-refractivity contribution < 1.29 is 9.18 Å². The maximum atomic E-state index is 13.8. The van der Waals surface area contributed by atoms with Gasteiger partial charge in [-0.15, -0.1) is 11.3 Å². The second-order valence-corrected chi connectivity index (χ2v) is 5.43. The highest BCUT2D eigenvalue weighted by atomic mass is 32.1. The van der Waals surface area contributed by atoms with Gasteiger partial charge in [-0.1, -0.05) is 0 Å². The van der Waals surface area contributed by atoms with Gasteiger partial charge >= 0.3 is 0 Å². The van der Waals surface area contributed by atoms with Crippen molar-refractivity contribution in [1.29, 1.82) is 0 Å². The first-order valence-corrected chi connectivity index (χ1v) is 7.09. The smallest absolute Gasteiger partial charge is 0.221 e. The van der Waals surface area contributed by atoms with Crippen molar-refractivity contribution in [2.24, 2.45) is 0 Å². The maximum absolute atomic E-state index is 13.8. The van der Waals surface area contributed by atoms with E-state index in [0.717, 1.165) is 10.6 Å². The van der Waals surface area contributed by atoms with Gasteiger partial charge in [-0.2, -0.15) is 0 Å². The van der Waals surface area contributed by atoms with Crippen LogP contribution in [-0.4, -0.2) is 10.9 Å². The van der Waals surface area contributed by atoms with E-state index in [4.69, 9.17) is 0 Å². The lowest BCUT2D eigenvalue weighted by molar-refractivity contribution is -0.114. The number of aromatic nitrogens is 1. The number of hydrogen-bond donors (Lipinski definition) is 2. The lowest BCUT2D eigenvalue weighted by Crippen LogP contribution is -2.10. The molecule has 1 aromatic heterocycles. The number of hydrogen-bond acceptors (Lipinski definition) is 4. The van der Waals surface area contributed by atoms with Crippen LogP contribution in [0.5, 0.6) is 0 Å². The number of carbonyl (C=O) groups is 1. The first kappa shape index (κ1) is 14.5. The maximum Gasteiger partial charge on any atom is 0.221 e. The highest BCUT2D eigenvalue weighted by Gasteiger charge is 2.13. The molecule has 6 heteroatoms. The third kappa shape index (κ3) is 3.33. The molecule has 0 aliphatic heterocycles. The van der Waals surface area contributed by atoms with E-state index in [-0.39, 0.29) is 17.8 Å². The number of nitrogens with one attached hydrogen (secondary N) is 2. The zero-order chi connectivity index (χ0) is 14.7. The zero-order valence-electron chi connectivity index (χ0n) is 11.5. The van der Waals surface area contributed by atoms with Crippen LogP contribution in [0.3, 0.4) is 0 Å². The van der Waals surface area contributed by atoms with Crippen LogP contribution in [-0.2, 0) is 4.79 Å². The molecule has 1 unspecified atom stereocenters. The Morgan fingerprint density at radius 3 is 2.80 bits per heavy atom. The van der Waals surface area contributed by atoms with Crippen molar-refractivity contribution in [3.63, 3.8) is 0 Å². The third-order valence-corrected chi connectivity index (χ3v) is 3.95. The molecule has 106 valence electrons. The molecule has 4 nitrogen and oxygen atoms in total. The van der Waals surface area contributed by atoms with Crippen molar-refractivity contribution in [3.05, 3.63) is 40.1 Å². The van der Waals surface area contributed by atoms with Crippen LogP contribution >= 0.6 is 11.3 Å². The summed E-state index contributed by atoms with van der Waals surface area (Å²) in [7, 11) is 0. The predicted molar refractivity (Wildman–Crippen MR) is 79.6 cm³/mol. The topological polar surface area (TPSA) is 54.0 Å². The molecule has 0 aliphatic carbocycles. The normalized spacial score (nSPS) is 12.0. The van der Waals surface area contributed by atoms with Gasteiger partial charge in [-0.3, -0.25) is 4.79 Å². The molecular weight excluding hydrogens is 277 g/mol. The van der Waals surface area contributed by atoms with Gasteiger partial charge in [-0.25, -0.2) is 9.37 Å². The summed E-state index contributed by atoms with van der Waals surface area (Å²) in [5.74, 6) is -0.540. The van der Waals surface area contributed by atoms with E-state index in [2.05, 4.69) is 15.6 Å². The summed E-state index contributed by atoms with van der Waals surface area (Å²) in [6, 6.07) is 4.40. The summed E-state index contributed by atoms with van der Waals surface area (Å²) in [6.45, 7) is 5.29. The molecule has 20 heavy (non-hydrogen) atoms. The molecule has 1 aromatic carbocycles. The van der Waals surface area contributed by atoms with E-state index >= 15 is 0 Å². The van der Waals surface area contributed by atoms with Crippen molar-refractivity contribution in [3.8, 4) is 0 Å². The summed E-state index contributed by atoms with van der Waals surface area (Å²) in [5, 5.41) is 5.75. The number of benzene rings is 1. The number of thiazole rings is 1. The zero-order valence-corrected chi connectivity index (χ0v) is 12.3. The first-order valence-electron chi connectivity index (χ1n) is 6.21. The van der Waals surface area contributed by atoms with Crippen molar-refractivity contribution in [2.75, 3.05) is 10.6 Å². The second-order valence-electron chi connectivity index (χ2n) is 4.54. The fourth-order valence-electron chi connectivity index (χ4n) is 1.94. The van der Waals surface area contributed by atoms with Gasteiger partial charge in [0.15, 0.2) is 0 Å². The number of rotatable bonds is 4. The Morgan fingerprint density at radius 1 is 1.45 bits per heavy atom. The van der Waals surface area contributed by atoms with Crippen molar-refractivity contribution >= 4 is 28.6 Å². The van der Waals surface area contributed by atoms with Crippen molar-refractivity contribution in [1.82, 2.24) is 4.98 Å². The predicted octanol–water partition coefficient (Wildman–Crippen LogP) is 3.72. The summed E-state index contributed by atoms with van der Waals surface area (Å²) in [6.07, 6.45) is 0. The van der Waals surface area contributed by atoms with E-state index < -0.39 is 0 Å². The molecule has 1 heterocycles. The van der Waals surface area contributed by atoms with Gasteiger partial charge in [0, 0.05) is 17.5 Å². The quantitative estimate of drug-likeness (QED) is 0.903. The molecule has 2 aromatic rings. The molecule has 0 bridgehead atoms. The Kier molecular flexibility index (Phi) is 4.34. The van der Waals surface area contributed by atoms with Crippen LogP contribution in [0.4, 0.5) is 15.8 Å². The fourth-order valence-corrected chi connectivity index (χ4v) is 2.75. The Morgan fingerprint density at radius 2 is 2.20 bits per heavy atom. The molecule has 2 N–H and O–H groups in total. The number of halogens is 1. The van der Waals surface area contributed by atoms with Gasteiger partial charge in [-0.05, 0) is 32.0 Å². The lowest BCUT2D eigenvalue weighted by atomic mass is 10.2. The molecular formula is C14H16FN3OS. The minimum absolute atomic E-state index is 0.0513. The highest BCUT2D eigenvalue weighted by Crippen LogP contribution is 2.28. The van der Waals surface area contributed by atoms with Crippen LogP contribution in [0.1, 0.15) is 30.5 Å². The molecule has 1 atom stereocenters. The van der Waals surface area contributed by atoms with Gasteiger partial charge in [0.25, 0.3) is 0 Å². The first-order chi connectivity index (χ1) is 9.47. The number of anilines is 2. The molecule has 2 rings (SSSR count). The van der Waals surface area contributed by atoms with Crippen LogP contribution in [0.15, 0.2) is 23.7 Å². The average molecular weight is 293 g/mol. The molecule has 0 saturated heterocycles. The molecule has 0 radical (unpaired) electrons. The SMILES string of the molecule is CC(=O)Nc1ccc(F)c(NC(C)c2scnc2C)c1. The molecule has 0 aliphatic rings. The highest BCUT2D eigenvalue weighted by molar-refractivity contribution is 7.09. The monoisotopic (exact) mass is 293 g/mol. The van der Waals surface area contributed by atoms with Crippen molar-refractivity contribution in [2.45, 2.75) is 26.8 Å².